The van der Waals surface area contributed by atoms with Gasteiger partial charge in [-0.05, 0) is 36.4 Å². The number of anilines is 2. The van der Waals surface area contributed by atoms with Gasteiger partial charge in [-0.1, -0.05) is 6.07 Å². The van der Waals surface area contributed by atoms with Crippen LogP contribution in [0.25, 0.3) is 0 Å². The molecule has 5 nitrogen and oxygen atoms in total. The van der Waals surface area contributed by atoms with Crippen LogP contribution in [-0.2, 0) is 0 Å². The summed E-state index contributed by atoms with van der Waals surface area (Å²) < 4.78 is 53.7. The molecule has 0 saturated heterocycles. The molecule has 0 radical (unpaired) electrons. The number of nitrogens with zero attached hydrogens (tertiary/aromatic N) is 1. The molecule has 142 valence electrons. The summed E-state index contributed by atoms with van der Waals surface area (Å²) in [5.41, 5.74) is -1.33. The first-order valence-corrected chi connectivity index (χ1v) is 7.83. The van der Waals surface area contributed by atoms with Crippen LogP contribution in [0.2, 0.25) is 0 Å². The highest BCUT2D eigenvalue weighted by molar-refractivity contribution is 6.06. The van der Waals surface area contributed by atoms with E-state index in [9.17, 15) is 27.2 Å². The summed E-state index contributed by atoms with van der Waals surface area (Å²) in [4.78, 5) is 28.2. The number of aromatic nitrogens is 1. The van der Waals surface area contributed by atoms with E-state index in [1.807, 2.05) is 0 Å². The molecule has 2 N–H and O–H groups in total. The van der Waals surface area contributed by atoms with Crippen molar-refractivity contribution < 1.29 is 27.2 Å². The third kappa shape index (κ3) is 4.32. The van der Waals surface area contributed by atoms with Crippen LogP contribution < -0.4 is 10.6 Å². The maximum Gasteiger partial charge on any atom is 0.274 e. The van der Waals surface area contributed by atoms with Gasteiger partial charge in [0.1, 0.15) is 34.7 Å². The highest BCUT2D eigenvalue weighted by Crippen LogP contribution is 2.18. The van der Waals surface area contributed by atoms with Crippen molar-refractivity contribution in [1.82, 2.24) is 4.98 Å². The Morgan fingerprint density at radius 2 is 1.11 bits per heavy atom. The van der Waals surface area contributed by atoms with Crippen molar-refractivity contribution in [2.24, 2.45) is 0 Å². The third-order valence-corrected chi connectivity index (χ3v) is 3.57. The second kappa shape index (κ2) is 7.87. The fourth-order valence-corrected chi connectivity index (χ4v) is 2.25. The number of benzene rings is 2. The molecule has 3 rings (SSSR count). The highest BCUT2D eigenvalue weighted by Gasteiger charge is 2.16. The van der Waals surface area contributed by atoms with Crippen molar-refractivity contribution in [3.05, 3.63) is 89.3 Å². The number of nitrogens with one attached hydrogen (secondary N) is 2. The fraction of sp³-hybridized carbons (Fsp3) is 0. The minimum atomic E-state index is -0.893. The van der Waals surface area contributed by atoms with Crippen molar-refractivity contribution in [1.29, 1.82) is 0 Å². The van der Waals surface area contributed by atoms with Crippen molar-refractivity contribution in [3.8, 4) is 0 Å². The molecule has 0 unspecified atom stereocenters. The van der Waals surface area contributed by atoms with E-state index in [2.05, 4.69) is 15.6 Å². The van der Waals surface area contributed by atoms with Gasteiger partial charge >= 0.3 is 0 Å². The van der Waals surface area contributed by atoms with E-state index in [1.54, 1.807) is 0 Å². The Labute approximate surface area is 156 Å². The average molecular weight is 389 g/mol. The van der Waals surface area contributed by atoms with Crippen LogP contribution in [0.3, 0.4) is 0 Å². The van der Waals surface area contributed by atoms with Crippen LogP contribution in [0.1, 0.15) is 21.0 Å². The topological polar surface area (TPSA) is 71.1 Å². The number of hydrogen-bond acceptors (Lipinski definition) is 3. The number of pyridine rings is 1. The lowest BCUT2D eigenvalue weighted by Gasteiger charge is -2.08. The van der Waals surface area contributed by atoms with Crippen LogP contribution in [-0.4, -0.2) is 16.8 Å². The summed E-state index contributed by atoms with van der Waals surface area (Å²) in [6.45, 7) is 0. The van der Waals surface area contributed by atoms with Gasteiger partial charge in [-0.2, -0.15) is 0 Å². The second-order valence-electron chi connectivity index (χ2n) is 5.56. The zero-order valence-corrected chi connectivity index (χ0v) is 14.0. The zero-order valence-electron chi connectivity index (χ0n) is 14.0. The van der Waals surface area contributed by atoms with E-state index in [-0.39, 0.29) is 11.4 Å². The first-order valence-electron chi connectivity index (χ1n) is 7.83. The molecular formula is C19H11F4N3O2. The molecule has 0 bridgehead atoms. The van der Waals surface area contributed by atoms with Gasteiger partial charge in [-0.15, -0.1) is 0 Å². The molecule has 1 heterocycles. The molecule has 9 heteroatoms. The van der Waals surface area contributed by atoms with Gasteiger partial charge in [0.2, 0.25) is 0 Å². The van der Waals surface area contributed by atoms with Crippen molar-refractivity contribution in [2.75, 3.05) is 10.6 Å². The average Bonchev–Trinajstić information content (AvgIpc) is 2.67. The molecule has 2 amide bonds. The molecule has 0 aliphatic heterocycles. The van der Waals surface area contributed by atoms with Crippen molar-refractivity contribution >= 4 is 23.2 Å². The monoisotopic (exact) mass is 389 g/mol. The van der Waals surface area contributed by atoms with E-state index < -0.39 is 46.5 Å². The summed E-state index contributed by atoms with van der Waals surface area (Å²) in [7, 11) is 0. The molecule has 0 aliphatic rings. The minimum absolute atomic E-state index is 0.268. The molecular weight excluding hydrogens is 378 g/mol. The van der Waals surface area contributed by atoms with E-state index >= 15 is 0 Å². The molecule has 0 fully saturated rings. The summed E-state index contributed by atoms with van der Waals surface area (Å²) in [6.07, 6.45) is 0. The lowest BCUT2D eigenvalue weighted by Crippen LogP contribution is -2.19. The van der Waals surface area contributed by atoms with Gasteiger partial charge in [-0.25, -0.2) is 22.5 Å². The normalized spacial score (nSPS) is 10.4. The predicted molar refractivity (Wildman–Crippen MR) is 92.9 cm³/mol. The molecule has 0 saturated carbocycles. The van der Waals surface area contributed by atoms with E-state index in [4.69, 9.17) is 0 Å². The predicted octanol–water partition coefficient (Wildman–Crippen LogP) is 4.14. The highest BCUT2D eigenvalue weighted by atomic mass is 19.1. The maximum absolute atomic E-state index is 13.6. The smallest absolute Gasteiger partial charge is 0.274 e. The fourth-order valence-electron chi connectivity index (χ4n) is 2.25. The van der Waals surface area contributed by atoms with Crippen LogP contribution in [0.15, 0.2) is 54.6 Å². The van der Waals surface area contributed by atoms with E-state index in [0.717, 1.165) is 36.4 Å². The molecule has 28 heavy (non-hydrogen) atoms. The van der Waals surface area contributed by atoms with Gasteiger partial charge < -0.3 is 10.6 Å². The third-order valence-electron chi connectivity index (χ3n) is 3.57. The summed E-state index contributed by atoms with van der Waals surface area (Å²) >= 11 is 0. The molecule has 0 atom stereocenters. The Hall–Kier alpha value is -3.75. The van der Waals surface area contributed by atoms with Gasteiger partial charge in [0.25, 0.3) is 11.8 Å². The molecule has 2 aromatic carbocycles. The quantitative estimate of drug-likeness (QED) is 0.659. The van der Waals surface area contributed by atoms with Crippen LogP contribution >= 0.6 is 0 Å². The Morgan fingerprint density at radius 1 is 0.679 bits per heavy atom. The molecule has 0 aliphatic carbocycles. The Morgan fingerprint density at radius 3 is 1.54 bits per heavy atom. The van der Waals surface area contributed by atoms with E-state index in [1.165, 1.54) is 18.2 Å². The Balaban J connectivity index is 1.79. The summed E-state index contributed by atoms with van der Waals surface area (Å²) in [6, 6.07) is 8.84. The van der Waals surface area contributed by atoms with E-state index in [0.29, 0.717) is 0 Å². The van der Waals surface area contributed by atoms with Crippen LogP contribution in [0.4, 0.5) is 28.9 Å². The standard InChI is InChI=1S/C19H11F4N3O2/c20-10-4-6-12(22)16(8-10)25-18(27)14-2-1-3-15(24-14)19(28)26-17-9-11(21)5-7-13(17)23/h1-9H,(H,25,27)(H,26,28). The molecule has 1 aromatic heterocycles. The Kier molecular flexibility index (Phi) is 5.35. The lowest BCUT2D eigenvalue weighted by atomic mass is 10.2. The maximum atomic E-state index is 13.6. The number of carbonyl (C=O) groups is 2. The lowest BCUT2D eigenvalue weighted by molar-refractivity contribution is 0.101. The van der Waals surface area contributed by atoms with Gasteiger partial charge in [0, 0.05) is 12.1 Å². The van der Waals surface area contributed by atoms with Gasteiger partial charge in [0.15, 0.2) is 0 Å². The first kappa shape index (κ1) is 19.0. The Bertz CT molecular complexity index is 992. The minimum Gasteiger partial charge on any atom is -0.318 e. The van der Waals surface area contributed by atoms with Crippen LogP contribution in [0, 0.1) is 23.3 Å². The number of hydrogen-bond donors (Lipinski definition) is 2. The van der Waals surface area contributed by atoms with Gasteiger partial charge in [0.05, 0.1) is 11.4 Å². The number of amides is 2. The number of carbonyl (C=O) groups excluding carboxylic acids is 2. The van der Waals surface area contributed by atoms with Crippen molar-refractivity contribution in [2.45, 2.75) is 0 Å². The van der Waals surface area contributed by atoms with Crippen LogP contribution in [0.5, 0.6) is 0 Å². The number of halogens is 4. The first-order chi connectivity index (χ1) is 13.3. The largest absolute Gasteiger partial charge is 0.318 e. The zero-order chi connectivity index (χ0) is 20.3. The summed E-state index contributed by atoms with van der Waals surface area (Å²) in [5.74, 6) is -5.01. The number of rotatable bonds is 4. The molecule has 0 spiro atoms. The summed E-state index contributed by atoms with van der Waals surface area (Å²) in [5, 5.41) is 4.28. The SMILES string of the molecule is O=C(Nc1cc(F)ccc1F)c1cccc(C(=O)Nc2cc(F)ccc2F)n1. The molecule has 3 aromatic rings. The van der Waals surface area contributed by atoms with Gasteiger partial charge in [-0.3, -0.25) is 9.59 Å². The van der Waals surface area contributed by atoms with Crippen molar-refractivity contribution in [3.63, 3.8) is 0 Å². The second-order valence-corrected chi connectivity index (χ2v) is 5.56.